The second kappa shape index (κ2) is 6.57. The minimum atomic E-state index is 0.536. The summed E-state index contributed by atoms with van der Waals surface area (Å²) in [5.74, 6) is 0.977. The smallest absolute Gasteiger partial charge is 0.191 e. The fraction of sp³-hybridized carbons (Fsp3) is 0.846. The van der Waals surface area contributed by atoms with Crippen LogP contribution >= 0.6 is 11.8 Å². The molecule has 0 aliphatic heterocycles. The standard InChI is InChI=1S/C13H24N4S/c1-10(9-14-12-7-5-4-6-8-12)18-13-16-15-11(2)17(13)3/h10,12,14H,4-9H2,1-3H3. The predicted molar refractivity (Wildman–Crippen MR) is 75.9 cm³/mol. The van der Waals surface area contributed by atoms with Gasteiger partial charge in [-0.2, -0.15) is 0 Å². The van der Waals surface area contributed by atoms with Crippen molar-refractivity contribution in [2.45, 2.75) is 62.4 Å². The van der Waals surface area contributed by atoms with Gasteiger partial charge in [0.2, 0.25) is 0 Å². The maximum atomic E-state index is 4.20. The van der Waals surface area contributed by atoms with Crippen LogP contribution in [0.1, 0.15) is 44.9 Å². The average Bonchev–Trinajstić information content (AvgIpc) is 2.70. The predicted octanol–water partition coefficient (Wildman–Crippen LogP) is 2.53. The van der Waals surface area contributed by atoms with Crippen LogP contribution in [-0.2, 0) is 7.05 Å². The quantitative estimate of drug-likeness (QED) is 0.833. The largest absolute Gasteiger partial charge is 0.313 e. The van der Waals surface area contributed by atoms with Crippen molar-refractivity contribution in [2.24, 2.45) is 7.05 Å². The van der Waals surface area contributed by atoms with Crippen LogP contribution in [0.4, 0.5) is 0 Å². The number of hydrogen-bond acceptors (Lipinski definition) is 4. The topological polar surface area (TPSA) is 42.7 Å². The summed E-state index contributed by atoms with van der Waals surface area (Å²) in [7, 11) is 2.03. The first-order valence-electron chi connectivity index (χ1n) is 6.93. The molecule has 1 aromatic rings. The molecule has 1 aliphatic rings. The number of thioether (sulfide) groups is 1. The van der Waals surface area contributed by atoms with E-state index in [1.165, 1.54) is 32.1 Å². The number of nitrogens with zero attached hydrogens (tertiary/aromatic N) is 3. The summed E-state index contributed by atoms with van der Waals surface area (Å²) >= 11 is 1.81. The molecule has 0 radical (unpaired) electrons. The molecule has 0 saturated heterocycles. The molecule has 1 heterocycles. The molecule has 1 N–H and O–H groups in total. The van der Waals surface area contributed by atoms with Gasteiger partial charge in [-0.05, 0) is 19.8 Å². The van der Waals surface area contributed by atoms with Crippen molar-refractivity contribution in [3.05, 3.63) is 5.82 Å². The van der Waals surface area contributed by atoms with Crippen LogP contribution in [0.3, 0.4) is 0 Å². The Morgan fingerprint density at radius 3 is 2.67 bits per heavy atom. The highest BCUT2D eigenvalue weighted by atomic mass is 32.2. The molecule has 102 valence electrons. The summed E-state index contributed by atoms with van der Waals surface area (Å²) in [6.07, 6.45) is 6.89. The number of aromatic nitrogens is 3. The molecule has 0 spiro atoms. The maximum absolute atomic E-state index is 4.20. The fourth-order valence-corrected chi connectivity index (χ4v) is 3.27. The minimum Gasteiger partial charge on any atom is -0.313 e. The second-order valence-corrected chi connectivity index (χ2v) is 6.67. The van der Waals surface area contributed by atoms with Crippen LogP contribution in [0.5, 0.6) is 0 Å². The van der Waals surface area contributed by atoms with E-state index in [1.807, 2.05) is 14.0 Å². The van der Waals surface area contributed by atoms with Gasteiger partial charge >= 0.3 is 0 Å². The molecule has 0 aromatic carbocycles. The molecule has 1 saturated carbocycles. The third-order valence-electron chi connectivity index (χ3n) is 3.66. The normalized spacial score (nSPS) is 19.1. The van der Waals surface area contributed by atoms with Crippen molar-refractivity contribution in [1.29, 1.82) is 0 Å². The molecule has 0 amide bonds. The van der Waals surface area contributed by atoms with Crippen molar-refractivity contribution in [3.8, 4) is 0 Å². The number of rotatable bonds is 5. The molecule has 2 rings (SSSR count). The first-order chi connectivity index (χ1) is 8.66. The lowest BCUT2D eigenvalue weighted by molar-refractivity contribution is 0.375. The highest BCUT2D eigenvalue weighted by molar-refractivity contribution is 7.99. The maximum Gasteiger partial charge on any atom is 0.191 e. The fourth-order valence-electron chi connectivity index (χ4n) is 2.35. The van der Waals surface area contributed by atoms with Gasteiger partial charge in [-0.3, -0.25) is 0 Å². The van der Waals surface area contributed by atoms with E-state index in [1.54, 1.807) is 11.8 Å². The van der Waals surface area contributed by atoms with E-state index in [-0.39, 0.29) is 0 Å². The Labute approximate surface area is 114 Å². The van der Waals surface area contributed by atoms with Gasteiger partial charge in [0.15, 0.2) is 5.16 Å². The Morgan fingerprint density at radius 1 is 1.33 bits per heavy atom. The van der Waals surface area contributed by atoms with Crippen molar-refractivity contribution in [1.82, 2.24) is 20.1 Å². The van der Waals surface area contributed by atoms with Gasteiger partial charge in [0.1, 0.15) is 5.82 Å². The summed E-state index contributed by atoms with van der Waals surface area (Å²) in [5.41, 5.74) is 0. The van der Waals surface area contributed by atoms with Gasteiger partial charge in [0, 0.05) is 24.9 Å². The lowest BCUT2D eigenvalue weighted by Crippen LogP contribution is -2.35. The number of hydrogen-bond donors (Lipinski definition) is 1. The highest BCUT2D eigenvalue weighted by Crippen LogP contribution is 2.22. The Balaban J connectivity index is 1.74. The number of nitrogens with one attached hydrogen (secondary N) is 1. The summed E-state index contributed by atoms with van der Waals surface area (Å²) < 4.78 is 2.06. The summed E-state index contributed by atoms with van der Waals surface area (Å²) in [5, 5.41) is 13.5. The average molecular weight is 268 g/mol. The van der Waals surface area contributed by atoms with Gasteiger partial charge in [0.05, 0.1) is 0 Å². The molecular weight excluding hydrogens is 244 g/mol. The molecular formula is C13H24N4S. The van der Waals surface area contributed by atoms with Gasteiger partial charge in [-0.25, -0.2) is 0 Å². The van der Waals surface area contributed by atoms with E-state index in [0.717, 1.165) is 23.6 Å². The van der Waals surface area contributed by atoms with E-state index in [4.69, 9.17) is 0 Å². The monoisotopic (exact) mass is 268 g/mol. The van der Waals surface area contributed by atoms with Crippen molar-refractivity contribution in [2.75, 3.05) is 6.54 Å². The zero-order valence-corrected chi connectivity index (χ0v) is 12.5. The summed E-state index contributed by atoms with van der Waals surface area (Å²) in [6, 6.07) is 0.739. The van der Waals surface area contributed by atoms with Crippen LogP contribution in [-0.4, -0.2) is 32.6 Å². The Morgan fingerprint density at radius 2 is 2.06 bits per heavy atom. The summed E-state index contributed by atoms with van der Waals surface area (Å²) in [4.78, 5) is 0. The van der Waals surface area contributed by atoms with Crippen molar-refractivity contribution >= 4 is 11.8 Å². The van der Waals surface area contributed by atoms with Gasteiger partial charge in [-0.1, -0.05) is 37.9 Å². The molecule has 0 bridgehead atoms. The zero-order valence-electron chi connectivity index (χ0n) is 11.6. The second-order valence-electron chi connectivity index (χ2n) is 5.26. The lowest BCUT2D eigenvalue weighted by Gasteiger charge is -2.24. The van der Waals surface area contributed by atoms with Gasteiger partial charge < -0.3 is 9.88 Å². The highest BCUT2D eigenvalue weighted by Gasteiger charge is 2.15. The third kappa shape index (κ3) is 3.72. The van der Waals surface area contributed by atoms with Crippen LogP contribution in [0.15, 0.2) is 5.16 Å². The van der Waals surface area contributed by atoms with E-state index in [0.29, 0.717) is 5.25 Å². The molecule has 1 aromatic heterocycles. The third-order valence-corrected chi connectivity index (χ3v) is 4.79. The molecule has 18 heavy (non-hydrogen) atoms. The van der Waals surface area contributed by atoms with Crippen molar-refractivity contribution in [3.63, 3.8) is 0 Å². The van der Waals surface area contributed by atoms with Crippen LogP contribution in [0.2, 0.25) is 0 Å². The molecule has 5 heteroatoms. The molecule has 1 aliphatic carbocycles. The van der Waals surface area contributed by atoms with E-state index >= 15 is 0 Å². The van der Waals surface area contributed by atoms with E-state index < -0.39 is 0 Å². The molecule has 1 atom stereocenters. The van der Waals surface area contributed by atoms with E-state index in [9.17, 15) is 0 Å². The van der Waals surface area contributed by atoms with E-state index in [2.05, 4.69) is 27.0 Å². The molecule has 4 nitrogen and oxygen atoms in total. The summed E-state index contributed by atoms with van der Waals surface area (Å²) in [6.45, 7) is 5.30. The Bertz CT molecular complexity index is 371. The van der Waals surface area contributed by atoms with Crippen LogP contribution in [0.25, 0.3) is 0 Å². The van der Waals surface area contributed by atoms with Crippen molar-refractivity contribution < 1.29 is 0 Å². The first kappa shape index (κ1) is 13.9. The van der Waals surface area contributed by atoms with Gasteiger partial charge in [-0.15, -0.1) is 10.2 Å². The molecule has 1 fully saturated rings. The van der Waals surface area contributed by atoms with Gasteiger partial charge in [0.25, 0.3) is 0 Å². The van der Waals surface area contributed by atoms with Crippen LogP contribution in [0, 0.1) is 6.92 Å². The Kier molecular flexibility index (Phi) is 5.06. The number of aryl methyl sites for hydroxylation is 1. The van der Waals surface area contributed by atoms with Crippen LogP contribution < -0.4 is 5.32 Å². The molecule has 1 unspecified atom stereocenters. The lowest BCUT2D eigenvalue weighted by atomic mass is 9.95. The Hall–Kier alpha value is -0.550. The minimum absolute atomic E-state index is 0.536. The zero-order chi connectivity index (χ0) is 13.0. The first-order valence-corrected chi connectivity index (χ1v) is 7.81. The SMILES string of the molecule is Cc1nnc(SC(C)CNC2CCCCC2)n1C.